The van der Waals surface area contributed by atoms with Crippen molar-refractivity contribution in [3.63, 3.8) is 0 Å². The number of nitrogens with zero attached hydrogens (tertiary/aromatic N) is 4. The van der Waals surface area contributed by atoms with Gasteiger partial charge in [0.2, 0.25) is 0 Å². The van der Waals surface area contributed by atoms with Crippen molar-refractivity contribution in [3.05, 3.63) is 41.6 Å². The topological polar surface area (TPSA) is 91.8 Å². The molecular weight excluding hydrogens is 220 g/mol. The van der Waals surface area contributed by atoms with Gasteiger partial charge in [0.15, 0.2) is 5.69 Å². The molecule has 0 aliphatic rings. The number of hydrogen-bond donors (Lipinski definition) is 1. The van der Waals surface area contributed by atoms with Gasteiger partial charge in [-0.15, -0.1) is 0 Å². The van der Waals surface area contributed by atoms with Gasteiger partial charge in [-0.3, -0.25) is 4.57 Å². The summed E-state index contributed by atoms with van der Waals surface area (Å²) in [6, 6.07) is 5.21. The maximum Gasteiger partial charge on any atom is 0.356 e. The highest BCUT2D eigenvalue weighted by atomic mass is 16.4. The first-order chi connectivity index (χ1) is 8.11. The van der Waals surface area contributed by atoms with Gasteiger partial charge in [0, 0.05) is 12.4 Å². The van der Waals surface area contributed by atoms with Crippen molar-refractivity contribution in [3.8, 4) is 11.9 Å². The molecule has 2 rings (SSSR count). The van der Waals surface area contributed by atoms with E-state index in [1.807, 2.05) is 6.07 Å². The maximum absolute atomic E-state index is 10.8. The summed E-state index contributed by atoms with van der Waals surface area (Å²) in [5, 5.41) is 17.5. The summed E-state index contributed by atoms with van der Waals surface area (Å²) >= 11 is 0. The van der Waals surface area contributed by atoms with Gasteiger partial charge in [0.05, 0.1) is 5.56 Å². The molecular formula is C11H8N4O2. The monoisotopic (exact) mass is 228 g/mol. The average molecular weight is 228 g/mol. The Labute approximate surface area is 96.8 Å². The number of hydrogen-bond acceptors (Lipinski definition) is 4. The first-order valence-electron chi connectivity index (χ1n) is 4.77. The molecule has 0 saturated heterocycles. The second-order valence-corrected chi connectivity index (χ2v) is 3.37. The van der Waals surface area contributed by atoms with Crippen LogP contribution in [0.15, 0.2) is 24.5 Å². The quantitative estimate of drug-likeness (QED) is 0.832. The minimum Gasteiger partial charge on any atom is -0.476 e. The highest BCUT2D eigenvalue weighted by molar-refractivity contribution is 5.85. The van der Waals surface area contributed by atoms with Crippen molar-refractivity contribution in [2.24, 2.45) is 0 Å². The summed E-state index contributed by atoms with van der Waals surface area (Å²) in [6.45, 7) is 1.69. The number of carbonyl (C=O) groups is 1. The van der Waals surface area contributed by atoms with Crippen LogP contribution in [0.3, 0.4) is 0 Å². The number of imidazole rings is 1. The highest BCUT2D eigenvalue weighted by Gasteiger charge is 2.11. The maximum atomic E-state index is 10.8. The van der Waals surface area contributed by atoms with E-state index in [0.29, 0.717) is 17.2 Å². The predicted molar refractivity (Wildman–Crippen MR) is 57.8 cm³/mol. The Morgan fingerprint density at radius 3 is 2.76 bits per heavy atom. The van der Waals surface area contributed by atoms with Crippen LogP contribution in [0.5, 0.6) is 0 Å². The molecule has 0 fully saturated rings. The number of aromatic carboxylic acids is 1. The number of pyridine rings is 1. The molecule has 0 saturated carbocycles. The van der Waals surface area contributed by atoms with E-state index in [2.05, 4.69) is 9.97 Å². The molecule has 6 heteroatoms. The minimum atomic E-state index is -1.08. The molecule has 0 atom stereocenters. The molecule has 0 radical (unpaired) electrons. The number of carboxylic acids is 1. The lowest BCUT2D eigenvalue weighted by Gasteiger charge is -2.02. The lowest BCUT2D eigenvalue weighted by atomic mass is 10.3. The van der Waals surface area contributed by atoms with Crippen LogP contribution >= 0.6 is 0 Å². The molecule has 0 aliphatic carbocycles. The van der Waals surface area contributed by atoms with Gasteiger partial charge < -0.3 is 5.11 Å². The summed E-state index contributed by atoms with van der Waals surface area (Å²) in [5.74, 6) is -0.0263. The Balaban J connectivity index is 2.46. The number of aromatic nitrogens is 3. The zero-order valence-electron chi connectivity index (χ0n) is 8.95. The fraction of sp³-hybridized carbons (Fsp3) is 0.0909. The zero-order chi connectivity index (χ0) is 12.4. The van der Waals surface area contributed by atoms with Crippen molar-refractivity contribution >= 4 is 5.97 Å². The van der Waals surface area contributed by atoms with Crippen LogP contribution in [-0.4, -0.2) is 25.6 Å². The number of rotatable bonds is 2. The summed E-state index contributed by atoms with van der Waals surface area (Å²) in [7, 11) is 0. The molecule has 6 nitrogen and oxygen atoms in total. The Morgan fingerprint density at radius 2 is 2.29 bits per heavy atom. The smallest absolute Gasteiger partial charge is 0.356 e. The molecule has 0 spiro atoms. The largest absolute Gasteiger partial charge is 0.476 e. The number of carboxylic acid groups (broad SMARTS) is 1. The standard InChI is InChI=1S/C11H8N4O2/c1-7-14-9(11(16)17)6-15(7)10-3-2-8(4-12)5-13-10/h2-3,5-6H,1H3,(H,16,17). The van der Waals surface area contributed by atoms with Crippen molar-refractivity contribution < 1.29 is 9.90 Å². The van der Waals surface area contributed by atoms with Crippen LogP contribution in [0.2, 0.25) is 0 Å². The Kier molecular flexibility index (Phi) is 2.58. The van der Waals surface area contributed by atoms with Gasteiger partial charge in [0.25, 0.3) is 0 Å². The zero-order valence-corrected chi connectivity index (χ0v) is 8.95. The summed E-state index contributed by atoms with van der Waals surface area (Å²) < 4.78 is 1.56. The van der Waals surface area contributed by atoms with Gasteiger partial charge in [-0.25, -0.2) is 14.8 Å². The van der Waals surface area contributed by atoms with Crippen LogP contribution in [-0.2, 0) is 0 Å². The molecule has 2 aromatic rings. The van der Waals surface area contributed by atoms with E-state index in [4.69, 9.17) is 10.4 Å². The van der Waals surface area contributed by atoms with Crippen LogP contribution in [0, 0.1) is 18.3 Å². The molecule has 2 aromatic heterocycles. The van der Waals surface area contributed by atoms with Crippen molar-refractivity contribution in [1.82, 2.24) is 14.5 Å². The van der Waals surface area contributed by atoms with Gasteiger partial charge in [-0.1, -0.05) is 0 Å². The van der Waals surface area contributed by atoms with Gasteiger partial charge >= 0.3 is 5.97 Å². The van der Waals surface area contributed by atoms with Crippen LogP contribution in [0.4, 0.5) is 0 Å². The molecule has 0 bridgehead atoms. The van der Waals surface area contributed by atoms with E-state index < -0.39 is 5.97 Å². The first kappa shape index (κ1) is 10.8. The van der Waals surface area contributed by atoms with E-state index >= 15 is 0 Å². The molecule has 17 heavy (non-hydrogen) atoms. The second kappa shape index (κ2) is 4.06. The third-order valence-electron chi connectivity index (χ3n) is 2.23. The molecule has 0 unspecified atom stereocenters. The molecule has 2 heterocycles. The van der Waals surface area contributed by atoms with Gasteiger partial charge in [-0.2, -0.15) is 5.26 Å². The predicted octanol–water partition coefficient (Wildman–Crippen LogP) is 1.15. The van der Waals surface area contributed by atoms with Crippen LogP contribution in [0.1, 0.15) is 21.9 Å². The molecule has 0 aliphatic heterocycles. The van der Waals surface area contributed by atoms with Crippen molar-refractivity contribution in [1.29, 1.82) is 5.26 Å². The number of nitriles is 1. The summed E-state index contributed by atoms with van der Waals surface area (Å²) in [6.07, 6.45) is 2.82. The average Bonchev–Trinajstić information content (AvgIpc) is 2.72. The van der Waals surface area contributed by atoms with Crippen LogP contribution in [0.25, 0.3) is 5.82 Å². The van der Waals surface area contributed by atoms with E-state index in [9.17, 15) is 4.79 Å². The normalized spacial score (nSPS) is 9.88. The van der Waals surface area contributed by atoms with Crippen LogP contribution < -0.4 is 0 Å². The Morgan fingerprint density at radius 1 is 1.53 bits per heavy atom. The van der Waals surface area contributed by atoms with E-state index in [-0.39, 0.29) is 5.69 Å². The third kappa shape index (κ3) is 1.99. The molecule has 1 N–H and O–H groups in total. The fourth-order valence-electron chi connectivity index (χ4n) is 1.40. The molecule has 84 valence electrons. The van der Waals surface area contributed by atoms with Gasteiger partial charge in [-0.05, 0) is 19.1 Å². The van der Waals surface area contributed by atoms with E-state index in [1.165, 1.54) is 12.4 Å². The van der Waals surface area contributed by atoms with E-state index in [0.717, 1.165) is 0 Å². The number of aryl methyl sites for hydroxylation is 1. The van der Waals surface area contributed by atoms with Crippen molar-refractivity contribution in [2.75, 3.05) is 0 Å². The molecule has 0 aromatic carbocycles. The lowest BCUT2D eigenvalue weighted by molar-refractivity contribution is 0.0691. The van der Waals surface area contributed by atoms with Gasteiger partial charge in [0.1, 0.15) is 17.7 Å². The summed E-state index contributed by atoms with van der Waals surface area (Å²) in [4.78, 5) is 18.7. The first-order valence-corrected chi connectivity index (χ1v) is 4.77. The van der Waals surface area contributed by atoms with E-state index in [1.54, 1.807) is 23.6 Å². The van der Waals surface area contributed by atoms with Crippen molar-refractivity contribution in [2.45, 2.75) is 6.92 Å². The Bertz CT molecular complexity index is 607. The fourth-order valence-corrected chi connectivity index (χ4v) is 1.40. The minimum absolute atomic E-state index is 0.0336. The SMILES string of the molecule is Cc1nc(C(=O)O)cn1-c1ccc(C#N)cn1. The molecule has 0 amide bonds. The highest BCUT2D eigenvalue weighted by Crippen LogP contribution is 2.10. The Hall–Kier alpha value is -2.68. The second-order valence-electron chi connectivity index (χ2n) is 3.37. The third-order valence-corrected chi connectivity index (χ3v) is 2.23. The summed E-state index contributed by atoms with van der Waals surface area (Å²) in [5.41, 5.74) is 0.415. The lowest BCUT2D eigenvalue weighted by Crippen LogP contribution is -1.98.